The molecule has 9 rings (SSSR count). The first-order valence-electron chi connectivity index (χ1n) is 33.5. The summed E-state index contributed by atoms with van der Waals surface area (Å²) in [4.78, 5) is 109. The lowest BCUT2D eigenvalue weighted by Crippen LogP contribution is -2.64. The number of fused-ring (bicyclic) bond motifs is 2. The molecule has 0 bridgehead atoms. The maximum atomic E-state index is 15.0. The predicted molar refractivity (Wildman–Crippen MR) is 362 cm³/mol. The maximum Gasteiger partial charge on any atom is 0.266 e. The summed E-state index contributed by atoms with van der Waals surface area (Å²) in [6.07, 6.45) is -8.21. The molecule has 7 amide bonds. The monoisotopic (exact) mass is 1400 g/mol. The summed E-state index contributed by atoms with van der Waals surface area (Å²) in [5, 5.41) is 114. The second-order valence-electron chi connectivity index (χ2n) is 26.7. The summed E-state index contributed by atoms with van der Waals surface area (Å²) in [7, 11) is 0. The molecule has 13 atom stereocenters. The van der Waals surface area contributed by atoms with Gasteiger partial charge in [-0.25, -0.2) is 0 Å². The van der Waals surface area contributed by atoms with Crippen LogP contribution in [0.3, 0.4) is 0 Å². The van der Waals surface area contributed by atoms with E-state index in [9.17, 15) is 93.2 Å². The molecule has 5 fully saturated rings. The van der Waals surface area contributed by atoms with E-state index in [4.69, 9.17) is 0 Å². The molecule has 4 aromatic rings. The quantitative estimate of drug-likeness (QED) is 0.0536. The van der Waals surface area contributed by atoms with Gasteiger partial charge in [0.15, 0.2) is 11.5 Å². The van der Waals surface area contributed by atoms with Crippen molar-refractivity contribution >= 4 is 58.2 Å². The Bertz CT molecular complexity index is 3420. The molecule has 1 aliphatic carbocycles. The molecule has 4 aromatic carbocycles. The van der Waals surface area contributed by atoms with Gasteiger partial charge in [0.2, 0.25) is 35.4 Å². The highest BCUT2D eigenvalue weighted by Gasteiger charge is 2.50. The maximum absolute atomic E-state index is 15.0. The average Bonchev–Trinajstić information content (AvgIpc) is 1.69. The first kappa shape index (κ1) is 75.6. The molecule has 542 valence electrons. The number of β-amino-alcohol motifs (C(OH)–C–C–N with tert-alkyl or cyclic N) is 1. The minimum atomic E-state index is -4.74. The van der Waals surface area contributed by atoms with Gasteiger partial charge in [-0.3, -0.25) is 52.1 Å². The highest BCUT2D eigenvalue weighted by Crippen LogP contribution is 2.41. The molecule has 30 nitrogen and oxygen atoms in total. The molecule has 4 aliphatic heterocycles. The zero-order valence-corrected chi connectivity index (χ0v) is 56.3. The van der Waals surface area contributed by atoms with Crippen molar-refractivity contribution < 1.29 is 97.4 Å². The van der Waals surface area contributed by atoms with Crippen LogP contribution < -0.4 is 41.0 Å². The Morgan fingerprint density at radius 1 is 0.687 bits per heavy atom. The average molecular weight is 1400 g/mol. The van der Waals surface area contributed by atoms with Crippen LogP contribution >= 0.6 is 11.2 Å². The molecule has 4 saturated heterocycles. The predicted octanol–water partition coefficient (Wildman–Crippen LogP) is -0.985. The van der Waals surface area contributed by atoms with Crippen molar-refractivity contribution in [2.24, 2.45) is 5.92 Å². The number of carbonyl (C=O) groups is 7. The van der Waals surface area contributed by atoms with Crippen molar-refractivity contribution in [3.05, 3.63) is 113 Å². The number of aliphatic hydroxyl groups excluding tert-OH is 8. The number of hydrogen-bond acceptors (Lipinski definition) is 23. The van der Waals surface area contributed by atoms with Crippen molar-refractivity contribution in [3.8, 4) is 22.6 Å². The Balaban J connectivity index is 0.948. The van der Waals surface area contributed by atoms with E-state index in [1.807, 2.05) is 12.1 Å². The van der Waals surface area contributed by atoms with Gasteiger partial charge < -0.3 is 96.7 Å². The van der Waals surface area contributed by atoms with Gasteiger partial charge in [0.1, 0.15) is 36.3 Å². The lowest BCUT2D eigenvalue weighted by molar-refractivity contribution is -0.147. The number of phenols is 1. The second kappa shape index (κ2) is 33.7. The van der Waals surface area contributed by atoms with Crippen LogP contribution in [0.5, 0.6) is 11.5 Å². The number of hydrogen-bond donors (Lipinski definition) is 18. The van der Waals surface area contributed by atoms with Gasteiger partial charge in [0.05, 0.1) is 55.9 Å². The van der Waals surface area contributed by atoms with Crippen LogP contribution in [0.1, 0.15) is 91.8 Å². The zero-order valence-electron chi connectivity index (χ0n) is 55.5. The summed E-state index contributed by atoms with van der Waals surface area (Å²) in [5.41, 5.74) is 5.41. The number of aliphatic hydroxyl groups is 8. The minimum absolute atomic E-state index is 0.0572. The van der Waals surface area contributed by atoms with E-state index < -0.39 is 201 Å². The Morgan fingerprint density at radius 2 is 1.30 bits per heavy atom. The van der Waals surface area contributed by atoms with Crippen molar-refractivity contribution in [3.63, 3.8) is 0 Å². The molecular weight excluding hydrogens is 1310 g/mol. The van der Waals surface area contributed by atoms with E-state index in [1.165, 1.54) is 61.9 Å². The molecule has 0 spiro atoms. The number of nitrogens with one attached hydrogen (secondary N) is 6. The Hall–Kier alpha value is -7.60. The van der Waals surface area contributed by atoms with E-state index in [0.717, 1.165) is 71.8 Å². The summed E-state index contributed by atoms with van der Waals surface area (Å²) in [6.45, 7) is 5.44. The van der Waals surface area contributed by atoms with Gasteiger partial charge in [-0.1, -0.05) is 67.1 Å². The number of aromatic hydroxyl groups is 1. The number of nitrogens with zero attached hydrogens (tertiary/aromatic N) is 4. The number of benzene rings is 4. The first-order chi connectivity index (χ1) is 47.1. The summed E-state index contributed by atoms with van der Waals surface area (Å²) in [5.74, 6) is -9.74. The number of amides is 7. The van der Waals surface area contributed by atoms with Crippen LogP contribution in [-0.4, -0.2) is 266 Å². The third kappa shape index (κ3) is 19.3. The molecule has 1 saturated carbocycles. The molecule has 4 heterocycles. The van der Waals surface area contributed by atoms with E-state index in [2.05, 4.69) is 89.2 Å². The number of rotatable bonds is 19. The number of phenolic OH excluding ortho intramolecular Hbond substituents is 1. The largest absolute Gasteiger partial charge is 0.504 e. The van der Waals surface area contributed by atoms with E-state index >= 15 is 0 Å². The molecular formula is C68H94N10O20S. The smallest absolute Gasteiger partial charge is 0.266 e. The van der Waals surface area contributed by atoms with Crippen LogP contribution in [0.4, 0.5) is 5.69 Å². The van der Waals surface area contributed by atoms with Gasteiger partial charge in [0, 0.05) is 88.3 Å². The second-order valence-corrected chi connectivity index (χ2v) is 27.8. The summed E-state index contributed by atoms with van der Waals surface area (Å²) < 4.78 is 33.4. The fourth-order valence-electron chi connectivity index (χ4n) is 13.8. The van der Waals surface area contributed by atoms with Crippen molar-refractivity contribution in [1.82, 2.24) is 46.6 Å². The summed E-state index contributed by atoms with van der Waals surface area (Å²) >= 11 is -4.74. The van der Waals surface area contributed by atoms with Crippen LogP contribution in [0.15, 0.2) is 91.0 Å². The van der Waals surface area contributed by atoms with E-state index in [1.54, 1.807) is 12.1 Å². The number of anilines is 1. The molecule has 5 aliphatic rings. The zero-order chi connectivity index (χ0) is 71.6. The van der Waals surface area contributed by atoms with Crippen LogP contribution in [-0.2, 0) is 35.2 Å². The van der Waals surface area contributed by atoms with Gasteiger partial charge in [-0.15, -0.1) is 0 Å². The first-order valence-corrected chi connectivity index (χ1v) is 34.9. The topological polar surface area (TPSA) is 457 Å². The summed E-state index contributed by atoms with van der Waals surface area (Å²) in [6, 6.07) is 14.7. The SMILES string of the molecule is Cc1ccc(C2CCC(N3CCN(c4ccc(-c5ccc(C(=O)N[C@H]6C[C@@H](O)CNC(=O)[C@@H]7[C@@H](O)[C@@H](C)CN7C(=O)[C@H]([C@H](O)CCNC(CO)CO)NC(=O)[C@H]([C@H](O)Cc7ccc(O)c(OS(O)(O)O)c7)NC(=O)[C@@H]7C[C@@H](O)CN7C(=O)[C@H]([C@@H](C)O)NC6=O)cc5)cc4)CC3)CC2)cc1. The standard InChI is InChI=1S/C68H94N10O20S/c1-37-4-7-41(8-5-37)43-13-17-47(18-14-43)75-24-26-76(27-25-75)48-19-15-44(16-20-48)42-9-11-45(12-10-42)62(88)71-51-30-49(82)32-70-66(92)60-61(87)38(2)33-78(60)68(94)59(54(85)22-23-69-46(35-79)36-80)74-65(91)58(55(86)28-40-6-21-53(84)56(29-40)98-99(95,96)97)73-64(90)52-31-50(83)34-77(52)67(93)57(39(3)81)72-63(51)89/h4-12,15-16,19-21,29,38-39,43,46-47,49-52,54-55,57-61,69,79-87,95-97H,13-14,17-18,22-28,30-36H2,1-3H3,(H,70,92)(H,71,88)(H,72,89)(H,73,90)(H,74,91)/t38-,39+,43?,47?,49+,50+,51-,52-,54+,55+,57-,58-,59-,60-,61-/m0/s1. The van der Waals surface area contributed by atoms with E-state index in [0.29, 0.717) is 12.0 Å². The van der Waals surface area contributed by atoms with Gasteiger partial charge >= 0.3 is 0 Å². The Labute approximate surface area is 575 Å². The number of piperazine rings is 1. The van der Waals surface area contributed by atoms with Gasteiger partial charge in [-0.2, -0.15) is 0 Å². The van der Waals surface area contributed by atoms with Crippen LogP contribution in [0.2, 0.25) is 0 Å². The lowest BCUT2D eigenvalue weighted by atomic mass is 9.81. The van der Waals surface area contributed by atoms with Crippen LogP contribution in [0, 0.1) is 12.8 Å². The fraction of sp³-hybridized carbons (Fsp3) is 0.544. The molecule has 18 N–H and O–H groups in total. The minimum Gasteiger partial charge on any atom is -0.504 e. The number of aryl methyl sites for hydroxylation is 1. The Kier molecular flexibility index (Phi) is 25.7. The third-order valence-corrected chi connectivity index (χ3v) is 19.9. The van der Waals surface area contributed by atoms with Crippen molar-refractivity contribution in [1.29, 1.82) is 0 Å². The number of carbonyl (C=O) groups excluding carboxylic acids is 7. The Morgan fingerprint density at radius 3 is 1.93 bits per heavy atom. The van der Waals surface area contributed by atoms with E-state index in [-0.39, 0.29) is 24.2 Å². The fourth-order valence-corrected chi connectivity index (χ4v) is 14.2. The highest BCUT2D eigenvalue weighted by molar-refractivity contribution is 8.15. The van der Waals surface area contributed by atoms with Gasteiger partial charge in [0.25, 0.3) is 17.1 Å². The van der Waals surface area contributed by atoms with Crippen LogP contribution in [0.25, 0.3) is 11.1 Å². The molecule has 0 aromatic heterocycles. The normalized spacial score (nSPS) is 27.8. The van der Waals surface area contributed by atoms with Gasteiger partial charge in [-0.05, 0) is 117 Å². The molecule has 31 heteroatoms. The van der Waals surface area contributed by atoms with Crippen molar-refractivity contribution in [2.75, 3.05) is 70.5 Å². The molecule has 0 radical (unpaired) electrons. The molecule has 99 heavy (non-hydrogen) atoms. The third-order valence-electron chi connectivity index (χ3n) is 19.5. The highest BCUT2D eigenvalue weighted by atomic mass is 32.3. The van der Waals surface area contributed by atoms with Crippen molar-refractivity contribution in [2.45, 2.75) is 163 Å². The molecule has 0 unspecified atom stereocenters. The lowest BCUT2D eigenvalue weighted by Gasteiger charge is -2.42.